The van der Waals surface area contributed by atoms with E-state index in [1.54, 1.807) is 0 Å². The summed E-state index contributed by atoms with van der Waals surface area (Å²) in [5.41, 5.74) is 10.5. The molecule has 0 aromatic carbocycles. The number of carbonyl (C=O) groups is 6. The first kappa shape index (κ1) is 26.1. The van der Waals surface area contributed by atoms with Gasteiger partial charge in [0, 0.05) is 12.2 Å². The van der Waals surface area contributed by atoms with Gasteiger partial charge in [-0.15, -0.1) is 0 Å². The molecule has 0 aliphatic heterocycles. The van der Waals surface area contributed by atoms with E-state index in [-0.39, 0.29) is 18.6 Å². The van der Waals surface area contributed by atoms with Crippen LogP contribution in [0.5, 0.6) is 0 Å². The fourth-order valence-electron chi connectivity index (χ4n) is 1.97. The van der Waals surface area contributed by atoms with Crippen LogP contribution in [0.1, 0.15) is 26.2 Å². The number of carboxylic acid groups (broad SMARTS) is 2. The van der Waals surface area contributed by atoms with Gasteiger partial charge in [0.25, 0.3) is 0 Å². The minimum absolute atomic E-state index is 0.0317. The second-order valence-corrected chi connectivity index (χ2v) is 6.45. The number of carboxylic acids is 2. The van der Waals surface area contributed by atoms with Gasteiger partial charge in [-0.1, -0.05) is 0 Å². The van der Waals surface area contributed by atoms with Gasteiger partial charge in [0.2, 0.25) is 23.6 Å². The zero-order chi connectivity index (χ0) is 22.7. The van der Waals surface area contributed by atoms with Crippen LogP contribution in [-0.2, 0) is 28.8 Å². The van der Waals surface area contributed by atoms with Crippen LogP contribution in [0, 0.1) is 0 Å². The maximum absolute atomic E-state index is 12.3. The van der Waals surface area contributed by atoms with Gasteiger partial charge >= 0.3 is 11.9 Å². The molecule has 0 aromatic rings. The van der Waals surface area contributed by atoms with Crippen molar-refractivity contribution < 1.29 is 39.0 Å². The minimum Gasteiger partial charge on any atom is -0.481 e. The number of aliphatic carboxylic acids is 2. The highest BCUT2D eigenvalue weighted by atomic mass is 32.1. The maximum Gasteiger partial charge on any atom is 0.326 e. The number of hydrogen-bond acceptors (Lipinski definition) is 8. The van der Waals surface area contributed by atoms with Crippen LogP contribution in [0.4, 0.5) is 0 Å². The summed E-state index contributed by atoms with van der Waals surface area (Å²) in [7, 11) is 0. The van der Waals surface area contributed by atoms with Crippen molar-refractivity contribution in [2.24, 2.45) is 11.5 Å². The molecule has 0 aromatic heterocycles. The number of amides is 4. The average Bonchev–Trinajstić information content (AvgIpc) is 2.62. The summed E-state index contributed by atoms with van der Waals surface area (Å²) in [4.78, 5) is 69.1. The molecule has 0 spiro atoms. The van der Waals surface area contributed by atoms with Crippen molar-refractivity contribution in [1.82, 2.24) is 16.0 Å². The van der Waals surface area contributed by atoms with Gasteiger partial charge in [0.1, 0.15) is 18.1 Å². The molecule has 0 heterocycles. The molecule has 164 valence electrons. The van der Waals surface area contributed by atoms with Gasteiger partial charge in [-0.25, -0.2) is 4.79 Å². The normalized spacial score (nSPS) is 14.6. The minimum atomic E-state index is -1.75. The molecule has 0 aliphatic rings. The van der Waals surface area contributed by atoms with Crippen LogP contribution in [0.3, 0.4) is 0 Å². The van der Waals surface area contributed by atoms with Gasteiger partial charge in [-0.05, 0) is 13.3 Å². The van der Waals surface area contributed by atoms with E-state index in [4.69, 9.17) is 21.7 Å². The summed E-state index contributed by atoms with van der Waals surface area (Å²) in [6.07, 6.45) is -1.49. The summed E-state index contributed by atoms with van der Waals surface area (Å²) < 4.78 is 0. The van der Waals surface area contributed by atoms with Crippen molar-refractivity contribution in [2.75, 3.05) is 5.75 Å². The first-order valence-corrected chi connectivity index (χ1v) is 9.02. The van der Waals surface area contributed by atoms with E-state index in [1.807, 2.05) is 5.32 Å². The molecule has 9 N–H and O–H groups in total. The van der Waals surface area contributed by atoms with Gasteiger partial charge in [0.15, 0.2) is 0 Å². The molecular formula is C15H25N5O8S. The molecule has 4 amide bonds. The summed E-state index contributed by atoms with van der Waals surface area (Å²) in [6, 6.07) is -5.23. The van der Waals surface area contributed by atoms with E-state index in [9.17, 15) is 28.8 Å². The van der Waals surface area contributed by atoms with Crippen molar-refractivity contribution >= 4 is 48.2 Å². The van der Waals surface area contributed by atoms with Crippen LogP contribution < -0.4 is 27.4 Å². The molecule has 0 fully saturated rings. The van der Waals surface area contributed by atoms with Crippen molar-refractivity contribution in [1.29, 1.82) is 0 Å². The van der Waals surface area contributed by atoms with E-state index in [1.165, 1.54) is 6.92 Å². The Morgan fingerprint density at radius 3 is 1.93 bits per heavy atom. The van der Waals surface area contributed by atoms with Gasteiger partial charge < -0.3 is 37.6 Å². The molecule has 0 rings (SSSR count). The highest BCUT2D eigenvalue weighted by Gasteiger charge is 2.29. The Labute approximate surface area is 171 Å². The van der Waals surface area contributed by atoms with E-state index in [0.29, 0.717) is 0 Å². The average molecular weight is 435 g/mol. The summed E-state index contributed by atoms with van der Waals surface area (Å²) in [5.74, 6) is -6.32. The quantitative estimate of drug-likeness (QED) is 0.134. The summed E-state index contributed by atoms with van der Waals surface area (Å²) in [5, 5.41) is 24.3. The molecule has 14 heteroatoms. The van der Waals surface area contributed by atoms with Crippen molar-refractivity contribution in [2.45, 2.75) is 50.4 Å². The SMILES string of the molecule is CC(NC(=O)C(N)CS)C(=O)NC(CCC(N)=O)C(=O)NC(CC(=O)O)C(=O)O. The third-order valence-electron chi connectivity index (χ3n) is 3.59. The standard InChI is InChI=1S/C15H25N5O8S/c1-6(18-13(25)7(16)5-29)12(24)19-8(2-3-10(17)21)14(26)20-9(15(27)28)4-11(22)23/h6-9,29H,2-5,16H2,1H3,(H2,17,21)(H,18,25)(H,19,24)(H,20,26)(H,22,23)(H,27,28). The number of rotatable bonds is 13. The number of nitrogens with two attached hydrogens (primary N) is 2. The highest BCUT2D eigenvalue weighted by molar-refractivity contribution is 7.80. The molecular weight excluding hydrogens is 410 g/mol. The van der Waals surface area contributed by atoms with Crippen molar-refractivity contribution in [3.63, 3.8) is 0 Å². The first-order chi connectivity index (χ1) is 13.4. The van der Waals surface area contributed by atoms with Crippen LogP contribution in [0.15, 0.2) is 0 Å². The molecule has 13 nitrogen and oxygen atoms in total. The number of carbonyl (C=O) groups excluding carboxylic acids is 4. The summed E-state index contributed by atoms with van der Waals surface area (Å²) in [6.45, 7) is 1.31. The Hall–Kier alpha value is -2.87. The van der Waals surface area contributed by atoms with E-state index >= 15 is 0 Å². The van der Waals surface area contributed by atoms with E-state index < -0.39 is 66.2 Å². The highest BCUT2D eigenvalue weighted by Crippen LogP contribution is 2.02. The number of hydrogen-bond donors (Lipinski definition) is 8. The zero-order valence-corrected chi connectivity index (χ0v) is 16.5. The molecule has 29 heavy (non-hydrogen) atoms. The van der Waals surface area contributed by atoms with E-state index in [2.05, 4.69) is 23.3 Å². The molecule has 0 radical (unpaired) electrons. The predicted octanol–water partition coefficient (Wildman–Crippen LogP) is -3.46. The fourth-order valence-corrected chi connectivity index (χ4v) is 2.13. The van der Waals surface area contributed by atoms with Crippen molar-refractivity contribution in [3.8, 4) is 0 Å². The van der Waals surface area contributed by atoms with Gasteiger partial charge in [-0.2, -0.15) is 12.6 Å². The monoisotopic (exact) mass is 435 g/mol. The van der Waals surface area contributed by atoms with Crippen LogP contribution in [0.2, 0.25) is 0 Å². The lowest BCUT2D eigenvalue weighted by molar-refractivity contribution is -0.147. The number of thiol groups is 1. The second kappa shape index (κ2) is 12.6. The molecule has 0 saturated carbocycles. The molecule has 0 aliphatic carbocycles. The number of nitrogens with one attached hydrogen (secondary N) is 3. The lowest BCUT2D eigenvalue weighted by atomic mass is 10.1. The third-order valence-corrected chi connectivity index (χ3v) is 3.98. The maximum atomic E-state index is 12.3. The zero-order valence-electron chi connectivity index (χ0n) is 15.6. The Morgan fingerprint density at radius 2 is 1.48 bits per heavy atom. The predicted molar refractivity (Wildman–Crippen MR) is 102 cm³/mol. The second-order valence-electron chi connectivity index (χ2n) is 6.08. The topological polar surface area (TPSA) is 231 Å². The third kappa shape index (κ3) is 10.3. The van der Waals surface area contributed by atoms with E-state index in [0.717, 1.165) is 0 Å². The van der Waals surface area contributed by atoms with Crippen LogP contribution in [-0.4, -0.2) is 75.7 Å². The largest absolute Gasteiger partial charge is 0.481 e. The van der Waals surface area contributed by atoms with Gasteiger partial charge in [0.05, 0.1) is 12.5 Å². The Morgan fingerprint density at radius 1 is 0.931 bits per heavy atom. The van der Waals surface area contributed by atoms with Gasteiger partial charge in [-0.3, -0.25) is 24.0 Å². The lowest BCUT2D eigenvalue weighted by Gasteiger charge is -2.23. The Kier molecular flexibility index (Phi) is 11.3. The smallest absolute Gasteiger partial charge is 0.326 e. The fraction of sp³-hybridized carbons (Fsp3) is 0.600. The first-order valence-electron chi connectivity index (χ1n) is 8.39. The molecule has 0 saturated heterocycles. The number of primary amides is 1. The van der Waals surface area contributed by atoms with Crippen LogP contribution >= 0.6 is 12.6 Å². The van der Waals surface area contributed by atoms with Crippen LogP contribution in [0.25, 0.3) is 0 Å². The Bertz CT molecular complexity index is 659. The molecule has 0 bridgehead atoms. The Balaban J connectivity index is 5.19. The lowest BCUT2D eigenvalue weighted by Crippen LogP contribution is -2.56. The van der Waals surface area contributed by atoms with Crippen molar-refractivity contribution in [3.05, 3.63) is 0 Å². The molecule has 4 atom stereocenters. The summed E-state index contributed by atoms with van der Waals surface area (Å²) >= 11 is 3.86. The molecule has 4 unspecified atom stereocenters.